The molecular formula is C19H22ClNO2. The molecule has 3 nitrogen and oxygen atoms in total. The molecule has 0 unspecified atom stereocenters. The van der Waals surface area contributed by atoms with Crippen molar-refractivity contribution in [3.63, 3.8) is 0 Å². The van der Waals surface area contributed by atoms with Crippen molar-refractivity contribution in [3.05, 3.63) is 64.7 Å². The van der Waals surface area contributed by atoms with Crippen LogP contribution in [0.25, 0.3) is 0 Å². The van der Waals surface area contributed by atoms with Gasteiger partial charge in [-0.1, -0.05) is 35.9 Å². The first-order chi connectivity index (χ1) is 11.1. The van der Waals surface area contributed by atoms with Crippen LogP contribution in [0.5, 0.6) is 5.75 Å². The molecule has 1 N–H and O–H groups in total. The minimum absolute atomic E-state index is 0.128. The molecule has 0 heterocycles. The molecule has 0 bridgehead atoms. The monoisotopic (exact) mass is 331 g/mol. The average molecular weight is 332 g/mol. The van der Waals surface area contributed by atoms with Crippen molar-refractivity contribution >= 4 is 17.5 Å². The maximum Gasteiger partial charge on any atom is 0.252 e. The van der Waals surface area contributed by atoms with Gasteiger partial charge < -0.3 is 10.1 Å². The Morgan fingerprint density at radius 1 is 1.13 bits per heavy atom. The molecule has 23 heavy (non-hydrogen) atoms. The lowest BCUT2D eigenvalue weighted by Gasteiger charge is -2.10. The summed E-state index contributed by atoms with van der Waals surface area (Å²) in [5.74, 6) is 0.757. The summed E-state index contributed by atoms with van der Waals surface area (Å²) < 4.78 is 5.62. The molecular weight excluding hydrogens is 310 g/mol. The summed E-state index contributed by atoms with van der Waals surface area (Å²) in [4.78, 5) is 12.0. The molecule has 1 amide bonds. The first-order valence-electron chi connectivity index (χ1n) is 7.84. The molecule has 0 fully saturated rings. The van der Waals surface area contributed by atoms with Crippen LogP contribution in [-0.2, 0) is 6.42 Å². The Bertz CT molecular complexity index is 638. The van der Waals surface area contributed by atoms with E-state index in [1.165, 1.54) is 5.56 Å². The molecule has 0 spiro atoms. The maximum absolute atomic E-state index is 12.0. The molecule has 0 aliphatic carbocycles. The number of nitrogens with one attached hydrogen (secondary N) is 1. The number of benzene rings is 2. The Hall–Kier alpha value is -2.00. The van der Waals surface area contributed by atoms with Gasteiger partial charge >= 0.3 is 0 Å². The highest BCUT2D eigenvalue weighted by Gasteiger charge is 2.08. The van der Waals surface area contributed by atoms with Crippen LogP contribution in [0, 0.1) is 0 Å². The second-order valence-electron chi connectivity index (χ2n) is 5.65. The minimum Gasteiger partial charge on any atom is -0.491 e. The van der Waals surface area contributed by atoms with Gasteiger partial charge in [-0.2, -0.15) is 0 Å². The molecule has 0 aliphatic heterocycles. The van der Waals surface area contributed by atoms with Gasteiger partial charge in [0.05, 0.1) is 16.7 Å². The Kier molecular flexibility index (Phi) is 6.48. The number of carbonyl (C=O) groups is 1. The molecule has 0 aromatic heterocycles. The van der Waals surface area contributed by atoms with Crippen molar-refractivity contribution in [1.82, 2.24) is 5.32 Å². The Morgan fingerprint density at radius 3 is 2.48 bits per heavy atom. The standard InChI is InChI=1S/C19H22ClNO2/c1-14(2)23-16-11-9-15(10-12-16)6-5-13-21-19(22)17-7-3-4-8-18(17)20/h3-4,7-12,14H,5-6,13H2,1-2H3,(H,21,22). The van der Waals surface area contributed by atoms with Gasteiger partial charge in [0, 0.05) is 6.54 Å². The van der Waals surface area contributed by atoms with Crippen LogP contribution in [0.4, 0.5) is 0 Å². The van der Waals surface area contributed by atoms with E-state index in [9.17, 15) is 4.79 Å². The van der Waals surface area contributed by atoms with Gasteiger partial charge in [-0.25, -0.2) is 0 Å². The third kappa shape index (κ3) is 5.61. The predicted octanol–water partition coefficient (Wildman–Crippen LogP) is 4.49. The summed E-state index contributed by atoms with van der Waals surface area (Å²) in [5.41, 5.74) is 1.75. The topological polar surface area (TPSA) is 38.3 Å². The zero-order chi connectivity index (χ0) is 16.7. The van der Waals surface area contributed by atoms with E-state index in [1.807, 2.05) is 38.1 Å². The molecule has 0 saturated heterocycles. The van der Waals surface area contributed by atoms with Crippen molar-refractivity contribution in [2.24, 2.45) is 0 Å². The van der Waals surface area contributed by atoms with Crippen LogP contribution in [-0.4, -0.2) is 18.6 Å². The molecule has 0 saturated carbocycles. The van der Waals surface area contributed by atoms with Crippen LogP contribution in [0.2, 0.25) is 5.02 Å². The Morgan fingerprint density at radius 2 is 1.83 bits per heavy atom. The van der Waals surface area contributed by atoms with E-state index in [-0.39, 0.29) is 12.0 Å². The molecule has 0 radical (unpaired) electrons. The Labute approximate surface area is 142 Å². The summed E-state index contributed by atoms with van der Waals surface area (Å²) in [6.45, 7) is 4.64. The zero-order valence-electron chi connectivity index (χ0n) is 13.5. The van der Waals surface area contributed by atoms with E-state index >= 15 is 0 Å². The highest BCUT2D eigenvalue weighted by atomic mass is 35.5. The number of carbonyl (C=O) groups excluding carboxylic acids is 1. The smallest absolute Gasteiger partial charge is 0.252 e. The number of aryl methyl sites for hydroxylation is 1. The maximum atomic E-state index is 12.0. The summed E-state index contributed by atoms with van der Waals surface area (Å²) in [6, 6.07) is 15.2. The molecule has 4 heteroatoms. The normalized spacial score (nSPS) is 10.6. The highest BCUT2D eigenvalue weighted by Crippen LogP contribution is 2.16. The van der Waals surface area contributed by atoms with Gasteiger partial charge in [0.25, 0.3) is 5.91 Å². The van der Waals surface area contributed by atoms with E-state index < -0.39 is 0 Å². The Balaban J connectivity index is 1.75. The minimum atomic E-state index is -0.128. The van der Waals surface area contributed by atoms with E-state index in [2.05, 4.69) is 17.4 Å². The second kappa shape index (κ2) is 8.59. The lowest BCUT2D eigenvalue weighted by molar-refractivity contribution is 0.0953. The fourth-order valence-electron chi connectivity index (χ4n) is 2.24. The first kappa shape index (κ1) is 17.4. The fraction of sp³-hybridized carbons (Fsp3) is 0.316. The summed E-state index contributed by atoms with van der Waals surface area (Å²) in [7, 11) is 0. The van der Waals surface area contributed by atoms with Gasteiger partial charge in [0.1, 0.15) is 5.75 Å². The number of rotatable bonds is 7. The second-order valence-corrected chi connectivity index (χ2v) is 6.06. The lowest BCUT2D eigenvalue weighted by atomic mass is 10.1. The van der Waals surface area contributed by atoms with E-state index in [4.69, 9.17) is 16.3 Å². The van der Waals surface area contributed by atoms with Crippen molar-refractivity contribution in [2.75, 3.05) is 6.54 Å². The largest absolute Gasteiger partial charge is 0.491 e. The predicted molar refractivity (Wildman–Crippen MR) is 94.3 cm³/mol. The van der Waals surface area contributed by atoms with Gasteiger partial charge in [-0.3, -0.25) is 4.79 Å². The van der Waals surface area contributed by atoms with Crippen LogP contribution < -0.4 is 10.1 Å². The van der Waals surface area contributed by atoms with Crippen LogP contribution in [0.3, 0.4) is 0 Å². The molecule has 2 rings (SSSR count). The molecule has 0 atom stereocenters. The van der Waals surface area contributed by atoms with Gasteiger partial charge in [-0.05, 0) is 56.5 Å². The van der Waals surface area contributed by atoms with E-state index in [1.54, 1.807) is 12.1 Å². The summed E-state index contributed by atoms with van der Waals surface area (Å²) in [6.07, 6.45) is 1.96. The van der Waals surface area contributed by atoms with Crippen molar-refractivity contribution < 1.29 is 9.53 Å². The summed E-state index contributed by atoms with van der Waals surface area (Å²) >= 11 is 6.01. The number of halogens is 1. The molecule has 0 aliphatic rings. The summed E-state index contributed by atoms with van der Waals surface area (Å²) in [5, 5.41) is 3.38. The van der Waals surface area contributed by atoms with Crippen molar-refractivity contribution in [3.8, 4) is 5.75 Å². The van der Waals surface area contributed by atoms with Gasteiger partial charge in [0.15, 0.2) is 0 Å². The zero-order valence-corrected chi connectivity index (χ0v) is 14.3. The SMILES string of the molecule is CC(C)Oc1ccc(CCCNC(=O)c2ccccc2Cl)cc1. The van der Waals surface area contributed by atoms with E-state index in [0.717, 1.165) is 18.6 Å². The van der Waals surface area contributed by atoms with Gasteiger partial charge in [-0.15, -0.1) is 0 Å². The number of amides is 1. The lowest BCUT2D eigenvalue weighted by Crippen LogP contribution is -2.25. The van der Waals surface area contributed by atoms with E-state index in [0.29, 0.717) is 17.1 Å². The molecule has 2 aromatic rings. The molecule has 122 valence electrons. The van der Waals surface area contributed by atoms with Crippen LogP contribution in [0.1, 0.15) is 36.2 Å². The average Bonchev–Trinajstić information content (AvgIpc) is 2.53. The number of hydrogen-bond acceptors (Lipinski definition) is 2. The number of hydrogen-bond donors (Lipinski definition) is 1. The first-order valence-corrected chi connectivity index (χ1v) is 8.22. The highest BCUT2D eigenvalue weighted by molar-refractivity contribution is 6.33. The quantitative estimate of drug-likeness (QED) is 0.759. The third-order valence-electron chi connectivity index (χ3n) is 3.34. The molecule has 2 aromatic carbocycles. The number of ether oxygens (including phenoxy) is 1. The van der Waals surface area contributed by atoms with Crippen LogP contribution >= 0.6 is 11.6 Å². The third-order valence-corrected chi connectivity index (χ3v) is 3.67. The van der Waals surface area contributed by atoms with Crippen LogP contribution in [0.15, 0.2) is 48.5 Å². The van der Waals surface area contributed by atoms with Crippen molar-refractivity contribution in [2.45, 2.75) is 32.8 Å². The van der Waals surface area contributed by atoms with Crippen molar-refractivity contribution in [1.29, 1.82) is 0 Å². The fourth-order valence-corrected chi connectivity index (χ4v) is 2.46. The van der Waals surface area contributed by atoms with Gasteiger partial charge in [0.2, 0.25) is 0 Å².